The van der Waals surface area contributed by atoms with Crippen LogP contribution in [-0.2, 0) is 9.59 Å². The monoisotopic (exact) mass is 286 g/mol. The molecule has 0 aromatic rings. The first-order valence-corrected chi connectivity index (χ1v) is 8.26. The van der Waals surface area contributed by atoms with E-state index >= 15 is 0 Å². The number of hydrogen-bond donors (Lipinski definition) is 0. The summed E-state index contributed by atoms with van der Waals surface area (Å²) in [6, 6.07) is 0. The largest absolute Gasteiger partial charge is 0.295 e. The summed E-state index contributed by atoms with van der Waals surface area (Å²) in [5.41, 5.74) is 3.91. The van der Waals surface area contributed by atoms with E-state index in [-0.39, 0.29) is 16.6 Å². The van der Waals surface area contributed by atoms with Crippen LogP contribution >= 0.6 is 0 Å². The fraction of sp³-hybridized carbons (Fsp3) is 0.684. The minimum Gasteiger partial charge on any atom is -0.295 e. The molecule has 0 saturated heterocycles. The second-order valence-electron chi connectivity index (χ2n) is 8.08. The van der Waals surface area contributed by atoms with Crippen LogP contribution in [0.5, 0.6) is 0 Å². The van der Waals surface area contributed by atoms with Crippen LogP contribution in [0, 0.1) is 16.7 Å². The number of allylic oxidation sites excluding steroid dienone is 4. The Bertz CT molecular complexity index is 578. The van der Waals surface area contributed by atoms with E-state index in [1.54, 1.807) is 0 Å². The van der Waals surface area contributed by atoms with Crippen molar-refractivity contribution in [2.45, 2.75) is 66.2 Å². The summed E-state index contributed by atoms with van der Waals surface area (Å²) in [6.07, 6.45) is 7.20. The van der Waals surface area contributed by atoms with Crippen LogP contribution in [-0.4, -0.2) is 11.6 Å². The lowest BCUT2D eigenvalue weighted by molar-refractivity contribution is -0.116. The van der Waals surface area contributed by atoms with Crippen LogP contribution < -0.4 is 0 Å². The topological polar surface area (TPSA) is 34.1 Å². The molecule has 21 heavy (non-hydrogen) atoms. The lowest BCUT2D eigenvalue weighted by Gasteiger charge is -2.35. The molecule has 0 unspecified atom stereocenters. The fourth-order valence-electron chi connectivity index (χ4n) is 4.70. The van der Waals surface area contributed by atoms with E-state index in [4.69, 9.17) is 0 Å². The maximum absolute atomic E-state index is 12.5. The molecular formula is C19H26O2. The van der Waals surface area contributed by atoms with E-state index in [0.717, 1.165) is 31.3 Å². The highest BCUT2D eigenvalue weighted by atomic mass is 16.1. The molecule has 3 aliphatic rings. The third-order valence-corrected chi connectivity index (χ3v) is 6.02. The number of carbonyl (C=O) groups excluding carboxylic acids is 2. The molecule has 0 aromatic carbocycles. The van der Waals surface area contributed by atoms with Crippen molar-refractivity contribution in [3.63, 3.8) is 0 Å². The number of fused-ring (bicyclic) bond motifs is 2. The van der Waals surface area contributed by atoms with Gasteiger partial charge in [-0.25, -0.2) is 0 Å². The number of hydrogen-bond acceptors (Lipinski definition) is 2. The van der Waals surface area contributed by atoms with Crippen LogP contribution in [0.2, 0.25) is 0 Å². The Hall–Kier alpha value is -1.18. The molecule has 0 bridgehead atoms. The van der Waals surface area contributed by atoms with Gasteiger partial charge in [0.2, 0.25) is 0 Å². The van der Waals surface area contributed by atoms with E-state index < -0.39 is 0 Å². The van der Waals surface area contributed by atoms with Gasteiger partial charge in [-0.1, -0.05) is 38.8 Å². The van der Waals surface area contributed by atoms with Gasteiger partial charge in [-0.05, 0) is 48.7 Å². The van der Waals surface area contributed by atoms with Crippen molar-refractivity contribution in [3.8, 4) is 0 Å². The minimum atomic E-state index is -0.0437. The molecule has 0 radical (unpaired) electrons. The van der Waals surface area contributed by atoms with Crippen molar-refractivity contribution in [2.24, 2.45) is 16.7 Å². The average molecular weight is 286 g/mol. The Kier molecular flexibility index (Phi) is 3.27. The predicted octanol–water partition coefficient (Wildman–Crippen LogP) is 4.40. The Balaban J connectivity index is 2.08. The summed E-state index contributed by atoms with van der Waals surface area (Å²) >= 11 is 0. The van der Waals surface area contributed by atoms with Crippen LogP contribution in [0.4, 0.5) is 0 Å². The van der Waals surface area contributed by atoms with Gasteiger partial charge in [0.1, 0.15) is 0 Å². The van der Waals surface area contributed by atoms with Crippen LogP contribution in [0.3, 0.4) is 0 Å². The molecule has 3 rings (SSSR count). The van der Waals surface area contributed by atoms with Crippen molar-refractivity contribution in [2.75, 3.05) is 0 Å². The van der Waals surface area contributed by atoms with Gasteiger partial charge in [0.15, 0.2) is 11.6 Å². The Labute approximate surface area is 127 Å². The molecule has 0 N–H and O–H groups in total. The lowest BCUT2D eigenvalue weighted by Crippen LogP contribution is -2.26. The molecule has 0 amide bonds. The smallest absolute Gasteiger partial charge is 0.159 e. The molecule has 1 saturated carbocycles. The van der Waals surface area contributed by atoms with E-state index in [1.807, 2.05) is 6.08 Å². The molecule has 2 atom stereocenters. The van der Waals surface area contributed by atoms with Crippen molar-refractivity contribution in [3.05, 3.63) is 22.8 Å². The standard InChI is InChI=1S/C19H26O2/c1-12(2)17-15-6-8-18(3)7-5-14(20)9-13(18)10-19(15,4)11-16(17)21/h9,12H,5-8,10-11H2,1-4H3/t18-,19-/m0/s1. The maximum Gasteiger partial charge on any atom is 0.159 e. The van der Waals surface area contributed by atoms with Crippen LogP contribution in [0.25, 0.3) is 0 Å². The number of ketones is 2. The van der Waals surface area contributed by atoms with E-state index in [9.17, 15) is 9.59 Å². The molecule has 0 spiro atoms. The van der Waals surface area contributed by atoms with E-state index in [0.29, 0.717) is 24.5 Å². The van der Waals surface area contributed by atoms with Crippen molar-refractivity contribution >= 4 is 11.6 Å². The molecule has 0 aromatic heterocycles. The van der Waals surface area contributed by atoms with E-state index in [1.165, 1.54) is 11.1 Å². The molecule has 1 fully saturated rings. The fourth-order valence-corrected chi connectivity index (χ4v) is 4.70. The van der Waals surface area contributed by atoms with Crippen LogP contribution in [0.15, 0.2) is 22.8 Å². The second kappa shape index (κ2) is 4.66. The maximum atomic E-state index is 12.5. The Morgan fingerprint density at radius 1 is 1.00 bits per heavy atom. The molecule has 0 heterocycles. The first-order chi connectivity index (χ1) is 9.75. The van der Waals surface area contributed by atoms with Gasteiger partial charge in [-0.3, -0.25) is 9.59 Å². The molecule has 2 nitrogen and oxygen atoms in total. The highest BCUT2D eigenvalue weighted by Gasteiger charge is 2.48. The molecular weight excluding hydrogens is 260 g/mol. The summed E-state index contributed by atoms with van der Waals surface area (Å²) in [5, 5.41) is 0. The van der Waals surface area contributed by atoms with Crippen molar-refractivity contribution in [1.29, 1.82) is 0 Å². The molecule has 2 heteroatoms. The summed E-state index contributed by atoms with van der Waals surface area (Å²) < 4.78 is 0. The summed E-state index contributed by atoms with van der Waals surface area (Å²) in [4.78, 5) is 24.3. The van der Waals surface area contributed by atoms with Crippen molar-refractivity contribution in [1.82, 2.24) is 0 Å². The quantitative estimate of drug-likeness (QED) is 0.716. The summed E-state index contributed by atoms with van der Waals surface area (Å²) in [5.74, 6) is 0.929. The normalized spacial score (nSPS) is 36.5. The summed E-state index contributed by atoms with van der Waals surface area (Å²) in [6.45, 7) is 8.82. The number of rotatable bonds is 1. The highest BCUT2D eigenvalue weighted by molar-refractivity contribution is 6.00. The SMILES string of the molecule is CC(C)C1=C2CC[C@]3(C)CCC(=O)C=C3C[C@@]2(C)CC1=O. The third kappa shape index (κ3) is 2.23. The van der Waals surface area contributed by atoms with Crippen LogP contribution in [0.1, 0.15) is 66.2 Å². The van der Waals surface area contributed by atoms with Gasteiger partial charge >= 0.3 is 0 Å². The minimum absolute atomic E-state index is 0.0437. The van der Waals surface area contributed by atoms with Crippen molar-refractivity contribution < 1.29 is 9.59 Å². The molecule has 3 aliphatic carbocycles. The second-order valence-corrected chi connectivity index (χ2v) is 8.08. The van der Waals surface area contributed by atoms with Gasteiger partial charge in [-0.2, -0.15) is 0 Å². The van der Waals surface area contributed by atoms with Gasteiger partial charge in [0.25, 0.3) is 0 Å². The van der Waals surface area contributed by atoms with Gasteiger partial charge < -0.3 is 0 Å². The first kappa shape index (κ1) is 14.7. The van der Waals surface area contributed by atoms with Gasteiger partial charge in [-0.15, -0.1) is 0 Å². The lowest BCUT2D eigenvalue weighted by atomic mass is 9.68. The number of carbonyl (C=O) groups is 2. The number of Topliss-reactive ketones (excluding diaryl/α,β-unsaturated/α-hetero) is 1. The first-order valence-electron chi connectivity index (χ1n) is 8.26. The third-order valence-electron chi connectivity index (χ3n) is 6.02. The summed E-state index contributed by atoms with van der Waals surface area (Å²) in [7, 11) is 0. The van der Waals surface area contributed by atoms with Gasteiger partial charge in [0, 0.05) is 18.3 Å². The van der Waals surface area contributed by atoms with Gasteiger partial charge in [0.05, 0.1) is 0 Å². The zero-order chi connectivity index (χ0) is 15.4. The predicted molar refractivity (Wildman–Crippen MR) is 83.9 cm³/mol. The average Bonchev–Trinajstić information content (AvgIpc) is 2.56. The van der Waals surface area contributed by atoms with E-state index in [2.05, 4.69) is 27.7 Å². The molecule has 114 valence electrons. The molecule has 0 aliphatic heterocycles. The Morgan fingerprint density at radius 3 is 2.33 bits per heavy atom. The zero-order valence-corrected chi connectivity index (χ0v) is 13.7. The zero-order valence-electron chi connectivity index (χ0n) is 13.7. The Morgan fingerprint density at radius 2 is 1.67 bits per heavy atom. The highest BCUT2D eigenvalue weighted by Crippen LogP contribution is 2.57.